The second kappa shape index (κ2) is 6.96. The van der Waals surface area contributed by atoms with Crippen LogP contribution in [-0.2, 0) is 6.54 Å². The van der Waals surface area contributed by atoms with E-state index in [1.54, 1.807) is 18.2 Å². The Bertz CT molecular complexity index is 967. The lowest BCUT2D eigenvalue weighted by Gasteiger charge is -2.32. The third-order valence-electron chi connectivity index (χ3n) is 5.33. The summed E-state index contributed by atoms with van der Waals surface area (Å²) in [4.78, 5) is 14.3. The summed E-state index contributed by atoms with van der Waals surface area (Å²) in [6.07, 6.45) is 2.17. The lowest BCUT2D eigenvalue weighted by atomic mass is 9.89. The molecule has 1 fully saturated rings. The number of likely N-dealkylation sites (tertiary alicyclic amines) is 1. The van der Waals surface area contributed by atoms with Gasteiger partial charge < -0.3 is 9.52 Å². The molecule has 0 saturated carbocycles. The highest BCUT2D eigenvalue weighted by atomic mass is 16.4. The van der Waals surface area contributed by atoms with E-state index in [4.69, 9.17) is 4.42 Å². The van der Waals surface area contributed by atoms with Crippen LogP contribution in [0.2, 0.25) is 0 Å². The van der Waals surface area contributed by atoms with Crippen molar-refractivity contribution in [1.82, 2.24) is 4.90 Å². The number of phenolic OH excluding ortho intramolecular Hbond substituents is 1. The first-order chi connectivity index (χ1) is 12.6. The summed E-state index contributed by atoms with van der Waals surface area (Å²) >= 11 is 0. The van der Waals surface area contributed by atoms with Crippen LogP contribution in [0.15, 0.2) is 57.7 Å². The Morgan fingerprint density at radius 1 is 1.08 bits per heavy atom. The molecule has 0 atom stereocenters. The van der Waals surface area contributed by atoms with Crippen LogP contribution < -0.4 is 5.63 Å². The number of hydrogen-bond acceptors (Lipinski definition) is 4. The average Bonchev–Trinajstić information content (AvgIpc) is 2.62. The average molecular weight is 349 g/mol. The quantitative estimate of drug-likeness (QED) is 0.721. The van der Waals surface area contributed by atoms with Crippen LogP contribution in [0.5, 0.6) is 5.75 Å². The van der Waals surface area contributed by atoms with E-state index in [1.165, 1.54) is 5.56 Å². The maximum Gasteiger partial charge on any atom is 0.336 e. The van der Waals surface area contributed by atoms with E-state index in [1.807, 2.05) is 31.2 Å². The van der Waals surface area contributed by atoms with Gasteiger partial charge in [0.15, 0.2) is 0 Å². The fraction of sp³-hybridized carbons (Fsp3) is 0.318. The van der Waals surface area contributed by atoms with Crippen LogP contribution in [0.25, 0.3) is 11.0 Å². The summed E-state index contributed by atoms with van der Waals surface area (Å²) in [6, 6.07) is 15.2. The summed E-state index contributed by atoms with van der Waals surface area (Å²) in [5.41, 5.74) is 3.82. The Hall–Kier alpha value is -2.59. The lowest BCUT2D eigenvalue weighted by Crippen LogP contribution is -2.32. The second-order valence-corrected chi connectivity index (χ2v) is 7.23. The number of phenols is 1. The third kappa shape index (κ3) is 3.51. The molecule has 0 radical (unpaired) electrons. The molecule has 134 valence electrons. The lowest BCUT2D eigenvalue weighted by molar-refractivity contribution is 0.205. The molecule has 2 heterocycles. The van der Waals surface area contributed by atoms with Crippen molar-refractivity contribution in [3.05, 3.63) is 75.6 Å². The van der Waals surface area contributed by atoms with E-state index in [-0.39, 0.29) is 5.63 Å². The van der Waals surface area contributed by atoms with Crippen LogP contribution in [0.3, 0.4) is 0 Å². The minimum Gasteiger partial charge on any atom is -0.508 e. The van der Waals surface area contributed by atoms with Crippen molar-refractivity contribution in [1.29, 1.82) is 0 Å². The van der Waals surface area contributed by atoms with Crippen molar-refractivity contribution in [2.24, 2.45) is 0 Å². The summed E-state index contributed by atoms with van der Waals surface area (Å²) in [7, 11) is 0. The highest BCUT2D eigenvalue weighted by Gasteiger charge is 2.21. The summed E-state index contributed by atoms with van der Waals surface area (Å²) < 4.78 is 5.36. The molecular formula is C22H23NO3. The van der Waals surface area contributed by atoms with Crippen molar-refractivity contribution in [2.45, 2.75) is 32.2 Å². The monoisotopic (exact) mass is 349 g/mol. The van der Waals surface area contributed by atoms with Crippen molar-refractivity contribution in [2.75, 3.05) is 13.1 Å². The van der Waals surface area contributed by atoms with E-state index < -0.39 is 0 Å². The third-order valence-corrected chi connectivity index (χ3v) is 5.33. The zero-order valence-electron chi connectivity index (χ0n) is 14.9. The first-order valence-electron chi connectivity index (χ1n) is 9.13. The fourth-order valence-electron chi connectivity index (χ4n) is 3.88. The van der Waals surface area contributed by atoms with Crippen molar-refractivity contribution in [3.63, 3.8) is 0 Å². The normalized spacial score (nSPS) is 16.2. The fourth-order valence-corrected chi connectivity index (χ4v) is 3.88. The van der Waals surface area contributed by atoms with Crippen LogP contribution in [0, 0.1) is 6.92 Å². The van der Waals surface area contributed by atoms with Gasteiger partial charge in [0.1, 0.15) is 11.3 Å². The number of benzene rings is 2. The predicted molar refractivity (Wildman–Crippen MR) is 103 cm³/mol. The predicted octanol–water partition coefficient (Wildman–Crippen LogP) is 4.19. The number of hydrogen-bond donors (Lipinski definition) is 1. The molecule has 1 aromatic heterocycles. The van der Waals surface area contributed by atoms with Gasteiger partial charge in [0.05, 0.1) is 0 Å². The van der Waals surface area contributed by atoms with Crippen LogP contribution in [0.4, 0.5) is 0 Å². The standard InChI is InChI=1S/C22H23NO3/c1-15-2-7-20-18(13-22(25)26-21(20)12-15)14-23-10-8-17(9-11-23)16-3-5-19(24)6-4-16/h2-7,12-13,17,24H,8-11,14H2,1H3. The maximum atomic E-state index is 11.9. The molecule has 4 nitrogen and oxygen atoms in total. The Morgan fingerprint density at radius 3 is 2.54 bits per heavy atom. The molecule has 1 N–H and O–H groups in total. The number of aryl methyl sites for hydroxylation is 1. The van der Waals surface area contributed by atoms with Crippen molar-refractivity contribution in [3.8, 4) is 5.75 Å². The number of piperidine rings is 1. The van der Waals surface area contributed by atoms with E-state index in [9.17, 15) is 9.90 Å². The topological polar surface area (TPSA) is 53.7 Å². The first-order valence-corrected chi connectivity index (χ1v) is 9.13. The molecule has 0 aliphatic carbocycles. The minimum absolute atomic E-state index is 0.280. The van der Waals surface area contributed by atoms with E-state index in [2.05, 4.69) is 11.0 Å². The molecule has 3 aromatic rings. The Balaban J connectivity index is 1.48. The second-order valence-electron chi connectivity index (χ2n) is 7.23. The molecule has 1 aliphatic rings. The molecule has 4 heteroatoms. The van der Waals surface area contributed by atoms with Gasteiger partial charge in [-0.05, 0) is 73.7 Å². The molecular weight excluding hydrogens is 326 g/mol. The minimum atomic E-state index is -0.280. The van der Waals surface area contributed by atoms with Crippen molar-refractivity contribution < 1.29 is 9.52 Å². The molecule has 0 unspecified atom stereocenters. The number of aromatic hydroxyl groups is 1. The smallest absolute Gasteiger partial charge is 0.336 e. The van der Waals surface area contributed by atoms with Gasteiger partial charge in [0.2, 0.25) is 0 Å². The molecule has 0 amide bonds. The Kier molecular flexibility index (Phi) is 4.51. The zero-order valence-corrected chi connectivity index (χ0v) is 14.9. The molecule has 26 heavy (non-hydrogen) atoms. The number of nitrogens with zero attached hydrogens (tertiary/aromatic N) is 1. The SMILES string of the molecule is Cc1ccc2c(CN3CCC(c4ccc(O)cc4)CC3)cc(=O)oc2c1. The van der Waals surface area contributed by atoms with Gasteiger partial charge in [-0.25, -0.2) is 4.79 Å². The van der Waals surface area contributed by atoms with Gasteiger partial charge in [0.25, 0.3) is 0 Å². The van der Waals surface area contributed by atoms with E-state index >= 15 is 0 Å². The number of rotatable bonds is 3. The van der Waals surface area contributed by atoms with Crippen LogP contribution >= 0.6 is 0 Å². The van der Waals surface area contributed by atoms with Crippen molar-refractivity contribution >= 4 is 11.0 Å². The zero-order chi connectivity index (χ0) is 18.1. The molecule has 1 saturated heterocycles. The van der Waals surface area contributed by atoms with Gasteiger partial charge in [-0.15, -0.1) is 0 Å². The van der Waals surface area contributed by atoms with Gasteiger partial charge in [-0.3, -0.25) is 4.90 Å². The van der Waals surface area contributed by atoms with Gasteiger partial charge >= 0.3 is 5.63 Å². The van der Waals surface area contributed by atoms with E-state index in [0.29, 0.717) is 17.3 Å². The summed E-state index contributed by atoms with van der Waals surface area (Å²) in [6.45, 7) is 4.77. The van der Waals surface area contributed by atoms with E-state index in [0.717, 1.165) is 49.0 Å². The largest absolute Gasteiger partial charge is 0.508 e. The summed E-state index contributed by atoms with van der Waals surface area (Å²) in [5.74, 6) is 0.850. The highest BCUT2D eigenvalue weighted by molar-refractivity contribution is 5.80. The molecule has 1 aliphatic heterocycles. The molecule has 0 bridgehead atoms. The molecule has 0 spiro atoms. The summed E-state index contributed by atoms with van der Waals surface area (Å²) in [5, 5.41) is 10.5. The maximum absolute atomic E-state index is 11.9. The Morgan fingerprint density at radius 2 is 1.81 bits per heavy atom. The Labute approximate surface area is 152 Å². The van der Waals surface area contributed by atoms with Crippen LogP contribution in [-0.4, -0.2) is 23.1 Å². The molecule has 4 rings (SSSR count). The molecule has 2 aromatic carbocycles. The highest BCUT2D eigenvalue weighted by Crippen LogP contribution is 2.30. The van der Waals surface area contributed by atoms with Gasteiger partial charge in [-0.1, -0.05) is 24.3 Å². The van der Waals surface area contributed by atoms with Gasteiger partial charge in [-0.2, -0.15) is 0 Å². The number of fused-ring (bicyclic) bond motifs is 1. The van der Waals surface area contributed by atoms with Crippen LogP contribution in [0.1, 0.15) is 35.4 Å². The van der Waals surface area contributed by atoms with Gasteiger partial charge in [0, 0.05) is 18.0 Å². The first kappa shape index (κ1) is 16.9.